The van der Waals surface area contributed by atoms with Crippen LogP contribution in [0.15, 0.2) is 60.1 Å². The van der Waals surface area contributed by atoms with Crippen LogP contribution in [0.2, 0.25) is 0 Å². The fraction of sp³-hybridized carbons (Fsp3) is 0.292. The first kappa shape index (κ1) is 18.9. The van der Waals surface area contributed by atoms with E-state index >= 15 is 0 Å². The van der Waals surface area contributed by atoms with Gasteiger partial charge in [-0.2, -0.15) is 0 Å². The van der Waals surface area contributed by atoms with Crippen LogP contribution in [0.1, 0.15) is 11.3 Å². The molecule has 0 N–H and O–H groups in total. The molecule has 0 unspecified atom stereocenters. The van der Waals surface area contributed by atoms with Crippen molar-refractivity contribution in [3.8, 4) is 22.8 Å². The Labute approximate surface area is 185 Å². The van der Waals surface area contributed by atoms with Gasteiger partial charge in [0.2, 0.25) is 6.79 Å². The van der Waals surface area contributed by atoms with Crippen LogP contribution < -0.4 is 9.47 Å². The van der Waals surface area contributed by atoms with E-state index in [2.05, 4.69) is 68.2 Å². The van der Waals surface area contributed by atoms with Crippen molar-refractivity contribution in [1.29, 1.82) is 0 Å². The van der Waals surface area contributed by atoms with E-state index in [-0.39, 0.29) is 0 Å². The monoisotopic (exact) mass is 432 g/mol. The number of nitrogens with zero attached hydrogens (tertiary/aromatic N) is 4. The molecule has 2 aromatic heterocycles. The summed E-state index contributed by atoms with van der Waals surface area (Å²) in [4.78, 5) is 11.1. The summed E-state index contributed by atoms with van der Waals surface area (Å²) >= 11 is 1.69. The Balaban J connectivity index is 1.14. The summed E-state index contributed by atoms with van der Waals surface area (Å²) in [6.45, 7) is 6.41. The van der Waals surface area contributed by atoms with Gasteiger partial charge in [-0.15, -0.1) is 11.3 Å². The number of thiazole rings is 1. The maximum atomic E-state index is 5.52. The largest absolute Gasteiger partial charge is 0.454 e. The molecule has 0 amide bonds. The lowest BCUT2D eigenvalue weighted by molar-refractivity contribution is 0.121. The van der Waals surface area contributed by atoms with Crippen LogP contribution in [0.3, 0.4) is 0 Å². The molecule has 31 heavy (non-hydrogen) atoms. The topological polar surface area (TPSA) is 42.2 Å². The Kier molecular flexibility index (Phi) is 4.87. The minimum Gasteiger partial charge on any atom is -0.454 e. The predicted molar refractivity (Wildman–Crippen MR) is 122 cm³/mol. The first-order valence-corrected chi connectivity index (χ1v) is 11.5. The molecule has 1 fully saturated rings. The van der Waals surface area contributed by atoms with E-state index in [0.29, 0.717) is 6.79 Å². The zero-order chi connectivity index (χ0) is 20.6. The van der Waals surface area contributed by atoms with Crippen molar-refractivity contribution in [1.82, 2.24) is 19.2 Å². The highest BCUT2D eigenvalue weighted by Crippen LogP contribution is 2.33. The van der Waals surface area contributed by atoms with E-state index in [9.17, 15) is 0 Å². The maximum absolute atomic E-state index is 5.52. The number of aromatic nitrogens is 2. The van der Waals surface area contributed by atoms with E-state index in [1.54, 1.807) is 11.3 Å². The van der Waals surface area contributed by atoms with Gasteiger partial charge < -0.3 is 9.47 Å². The van der Waals surface area contributed by atoms with E-state index < -0.39 is 0 Å². The smallest absolute Gasteiger partial charge is 0.231 e. The van der Waals surface area contributed by atoms with E-state index in [4.69, 9.17) is 14.5 Å². The average molecular weight is 433 g/mol. The molecule has 4 heterocycles. The van der Waals surface area contributed by atoms with Crippen LogP contribution in [0.4, 0.5) is 0 Å². The predicted octanol–water partition coefficient (Wildman–Crippen LogP) is 4.11. The molecule has 1 saturated heterocycles. The highest BCUT2D eigenvalue weighted by molar-refractivity contribution is 7.15. The fourth-order valence-electron chi connectivity index (χ4n) is 4.43. The number of ether oxygens (including phenoxy) is 2. The Morgan fingerprint density at radius 2 is 1.65 bits per heavy atom. The second-order valence-corrected chi connectivity index (χ2v) is 8.94. The Morgan fingerprint density at radius 3 is 2.48 bits per heavy atom. The average Bonchev–Trinajstić information content (AvgIpc) is 3.53. The standard InChI is InChI=1S/C24H24N4O2S/c1-2-4-19(5-3-1)23-20(28-12-13-31-24(28)25-23)16-27-10-8-26(9-11-27)15-18-6-7-21-22(14-18)30-17-29-21/h1-7,12-14H,8-11,15-17H2. The first-order chi connectivity index (χ1) is 15.3. The summed E-state index contributed by atoms with van der Waals surface area (Å²) in [7, 11) is 0. The van der Waals surface area contributed by atoms with Crippen LogP contribution in [0.25, 0.3) is 16.2 Å². The molecule has 7 heteroatoms. The normalized spacial score (nSPS) is 16.9. The minimum absolute atomic E-state index is 0.328. The van der Waals surface area contributed by atoms with Crippen LogP contribution in [-0.2, 0) is 13.1 Å². The molecule has 6 rings (SSSR count). The van der Waals surface area contributed by atoms with E-state index in [1.165, 1.54) is 16.8 Å². The summed E-state index contributed by atoms with van der Waals surface area (Å²) in [5, 5.41) is 2.11. The molecule has 2 aliphatic rings. The van der Waals surface area contributed by atoms with Crippen molar-refractivity contribution in [2.45, 2.75) is 13.1 Å². The fourth-order valence-corrected chi connectivity index (χ4v) is 5.16. The molecule has 158 valence electrons. The number of rotatable bonds is 5. The second-order valence-electron chi connectivity index (χ2n) is 8.07. The Hall–Kier alpha value is -2.87. The zero-order valence-corrected chi connectivity index (χ0v) is 18.1. The summed E-state index contributed by atoms with van der Waals surface area (Å²) in [5.41, 5.74) is 4.86. The lowest BCUT2D eigenvalue weighted by atomic mass is 10.1. The highest BCUT2D eigenvalue weighted by Gasteiger charge is 2.22. The molecule has 0 spiro atoms. The van der Waals surface area contributed by atoms with Gasteiger partial charge in [0.05, 0.1) is 11.4 Å². The molecule has 6 nitrogen and oxygen atoms in total. The van der Waals surface area contributed by atoms with Crippen LogP contribution in [0.5, 0.6) is 11.5 Å². The Bertz CT molecular complexity index is 1190. The Morgan fingerprint density at radius 1 is 0.871 bits per heavy atom. The van der Waals surface area contributed by atoms with E-state index in [0.717, 1.165) is 61.4 Å². The van der Waals surface area contributed by atoms with Crippen molar-refractivity contribution < 1.29 is 9.47 Å². The molecule has 2 aliphatic heterocycles. The summed E-state index contributed by atoms with van der Waals surface area (Å²) in [6.07, 6.45) is 2.14. The minimum atomic E-state index is 0.328. The number of piperazine rings is 1. The molecular formula is C24H24N4O2S. The maximum Gasteiger partial charge on any atom is 0.231 e. The highest BCUT2D eigenvalue weighted by atomic mass is 32.1. The van der Waals surface area contributed by atoms with Gasteiger partial charge in [-0.1, -0.05) is 36.4 Å². The van der Waals surface area contributed by atoms with Crippen molar-refractivity contribution in [2.75, 3.05) is 33.0 Å². The SMILES string of the molecule is c1ccc(-c2nc3sccn3c2CN2CCN(Cc3ccc4c(c3)OCO4)CC2)cc1. The number of hydrogen-bond acceptors (Lipinski definition) is 6. The first-order valence-electron chi connectivity index (χ1n) is 10.7. The van der Waals surface area contributed by atoms with Gasteiger partial charge in [0.1, 0.15) is 0 Å². The second kappa shape index (κ2) is 8.00. The third kappa shape index (κ3) is 3.69. The number of imidazole rings is 1. The molecule has 4 aromatic rings. The van der Waals surface area contributed by atoms with Crippen molar-refractivity contribution in [3.05, 3.63) is 71.4 Å². The quantitative estimate of drug-likeness (QED) is 0.475. The van der Waals surface area contributed by atoms with Crippen LogP contribution >= 0.6 is 11.3 Å². The van der Waals surface area contributed by atoms with Crippen molar-refractivity contribution in [3.63, 3.8) is 0 Å². The van der Waals surface area contributed by atoms with Gasteiger partial charge in [-0.05, 0) is 17.7 Å². The van der Waals surface area contributed by atoms with Gasteiger partial charge in [0, 0.05) is 56.4 Å². The summed E-state index contributed by atoms with van der Waals surface area (Å²) in [5.74, 6) is 1.72. The molecule has 2 aromatic carbocycles. The zero-order valence-electron chi connectivity index (χ0n) is 17.2. The lowest BCUT2D eigenvalue weighted by Crippen LogP contribution is -2.45. The van der Waals surface area contributed by atoms with Gasteiger partial charge in [0.25, 0.3) is 0 Å². The number of benzene rings is 2. The van der Waals surface area contributed by atoms with Gasteiger partial charge in [-0.25, -0.2) is 4.98 Å². The molecule has 0 aliphatic carbocycles. The van der Waals surface area contributed by atoms with Gasteiger partial charge in [0.15, 0.2) is 16.5 Å². The third-order valence-corrected chi connectivity index (χ3v) is 6.85. The van der Waals surface area contributed by atoms with Gasteiger partial charge >= 0.3 is 0 Å². The van der Waals surface area contributed by atoms with E-state index in [1.807, 2.05) is 6.07 Å². The summed E-state index contributed by atoms with van der Waals surface area (Å²) in [6, 6.07) is 16.8. The molecule has 0 saturated carbocycles. The molecular weight excluding hydrogens is 408 g/mol. The van der Waals surface area contributed by atoms with Crippen molar-refractivity contribution in [2.24, 2.45) is 0 Å². The number of hydrogen-bond donors (Lipinski definition) is 0. The lowest BCUT2D eigenvalue weighted by Gasteiger charge is -2.34. The van der Waals surface area contributed by atoms with Crippen LogP contribution in [0, 0.1) is 0 Å². The van der Waals surface area contributed by atoms with Crippen LogP contribution in [-0.4, -0.2) is 52.2 Å². The van der Waals surface area contributed by atoms with Crippen molar-refractivity contribution >= 4 is 16.3 Å². The molecule has 0 bridgehead atoms. The third-order valence-electron chi connectivity index (χ3n) is 6.09. The molecule has 0 radical (unpaired) electrons. The summed E-state index contributed by atoms with van der Waals surface area (Å²) < 4.78 is 13.2. The number of fused-ring (bicyclic) bond motifs is 2. The van der Waals surface area contributed by atoms with Gasteiger partial charge in [-0.3, -0.25) is 14.2 Å². The molecule has 0 atom stereocenters.